The van der Waals surface area contributed by atoms with E-state index >= 15 is 0 Å². The summed E-state index contributed by atoms with van der Waals surface area (Å²) in [5.74, 6) is 1.82. The van der Waals surface area contributed by atoms with Crippen molar-refractivity contribution in [3.8, 4) is 11.5 Å². The average molecular weight is 276 g/mol. The summed E-state index contributed by atoms with van der Waals surface area (Å²) in [6, 6.07) is 6.85. The summed E-state index contributed by atoms with van der Waals surface area (Å²) in [5, 5.41) is 0. The molecule has 2 heterocycles. The van der Waals surface area contributed by atoms with Gasteiger partial charge in [-0.1, -0.05) is 19.9 Å². The van der Waals surface area contributed by atoms with Crippen LogP contribution in [0.1, 0.15) is 20.3 Å². The highest BCUT2D eigenvalue weighted by Crippen LogP contribution is 2.40. The Labute approximate surface area is 121 Å². The molecule has 0 amide bonds. The van der Waals surface area contributed by atoms with E-state index in [0.29, 0.717) is 19.3 Å². The summed E-state index contributed by atoms with van der Waals surface area (Å²) < 4.78 is 11.5. The Hall–Kier alpha value is -1.42. The number of likely N-dealkylation sites (N-methyl/N-ethyl adjacent to an activating group) is 1. The lowest BCUT2D eigenvalue weighted by molar-refractivity contribution is 0.167. The predicted octanol–water partition coefficient (Wildman–Crippen LogP) is 2.38. The minimum Gasteiger partial charge on any atom is -0.486 e. The highest BCUT2D eigenvalue weighted by atomic mass is 16.6. The van der Waals surface area contributed by atoms with Crippen molar-refractivity contribution < 1.29 is 9.47 Å². The minimum atomic E-state index is 0.633. The molecule has 1 aromatic rings. The largest absolute Gasteiger partial charge is 0.486 e. The maximum atomic E-state index is 5.85. The van der Waals surface area contributed by atoms with Crippen molar-refractivity contribution in [2.75, 3.05) is 44.3 Å². The van der Waals surface area contributed by atoms with E-state index in [1.807, 2.05) is 6.07 Å². The molecule has 0 aromatic heterocycles. The number of rotatable bonds is 3. The summed E-state index contributed by atoms with van der Waals surface area (Å²) in [6.07, 6.45) is 1.19. The van der Waals surface area contributed by atoms with Gasteiger partial charge in [0.25, 0.3) is 0 Å². The quantitative estimate of drug-likeness (QED) is 0.846. The van der Waals surface area contributed by atoms with Gasteiger partial charge in [0.15, 0.2) is 11.5 Å². The van der Waals surface area contributed by atoms with Crippen LogP contribution in [0.5, 0.6) is 11.5 Å². The van der Waals surface area contributed by atoms with Gasteiger partial charge in [-0.25, -0.2) is 0 Å². The third kappa shape index (κ3) is 2.44. The third-order valence-electron chi connectivity index (χ3n) is 4.37. The third-order valence-corrected chi connectivity index (χ3v) is 4.37. The molecule has 1 fully saturated rings. The normalized spacial score (nSPS) is 22.9. The fraction of sp³-hybridized carbons (Fsp3) is 0.625. The van der Waals surface area contributed by atoms with Gasteiger partial charge in [-0.05, 0) is 25.1 Å². The second-order valence-electron chi connectivity index (χ2n) is 5.44. The zero-order valence-electron chi connectivity index (χ0n) is 12.5. The van der Waals surface area contributed by atoms with E-state index in [0.717, 1.165) is 37.7 Å². The van der Waals surface area contributed by atoms with Crippen LogP contribution in [0, 0.1) is 0 Å². The summed E-state index contributed by atoms with van der Waals surface area (Å²) in [7, 11) is 0. The zero-order valence-corrected chi connectivity index (χ0v) is 12.5. The average Bonchev–Trinajstić information content (AvgIpc) is 2.53. The first-order valence-electron chi connectivity index (χ1n) is 7.71. The maximum absolute atomic E-state index is 5.85. The van der Waals surface area contributed by atoms with Crippen LogP contribution < -0.4 is 14.4 Å². The Kier molecular flexibility index (Phi) is 4.01. The first-order chi connectivity index (χ1) is 9.83. The molecule has 0 saturated carbocycles. The van der Waals surface area contributed by atoms with E-state index < -0.39 is 0 Å². The molecule has 0 bridgehead atoms. The van der Waals surface area contributed by atoms with Gasteiger partial charge in [-0.15, -0.1) is 0 Å². The minimum absolute atomic E-state index is 0.633. The number of benzene rings is 1. The van der Waals surface area contributed by atoms with E-state index in [4.69, 9.17) is 9.47 Å². The number of anilines is 1. The van der Waals surface area contributed by atoms with E-state index in [2.05, 4.69) is 35.8 Å². The molecule has 0 spiro atoms. The fourth-order valence-electron chi connectivity index (χ4n) is 3.22. The Morgan fingerprint density at radius 2 is 2.00 bits per heavy atom. The van der Waals surface area contributed by atoms with Gasteiger partial charge in [0.05, 0.1) is 5.69 Å². The standard InChI is InChI=1S/C16H24N2O2/c1-3-13-12-18(9-8-17(13)4-2)14-6-5-7-15-16(14)20-11-10-19-15/h5-7,13H,3-4,8-12H2,1-2H3. The van der Waals surface area contributed by atoms with Crippen LogP contribution in [0.15, 0.2) is 18.2 Å². The first kappa shape index (κ1) is 13.6. The van der Waals surface area contributed by atoms with Crippen molar-refractivity contribution in [3.05, 3.63) is 18.2 Å². The van der Waals surface area contributed by atoms with Crippen LogP contribution >= 0.6 is 0 Å². The molecule has 0 radical (unpaired) electrons. The number of hydrogen-bond acceptors (Lipinski definition) is 4. The molecule has 2 aliphatic rings. The van der Waals surface area contributed by atoms with Crippen LogP contribution in [0.2, 0.25) is 0 Å². The summed E-state index contributed by atoms with van der Waals surface area (Å²) in [6.45, 7) is 10.2. The maximum Gasteiger partial charge on any atom is 0.184 e. The van der Waals surface area contributed by atoms with Crippen molar-refractivity contribution in [1.82, 2.24) is 4.90 Å². The number of piperazine rings is 1. The topological polar surface area (TPSA) is 24.9 Å². The molecular weight excluding hydrogens is 252 g/mol. The monoisotopic (exact) mass is 276 g/mol. The van der Waals surface area contributed by atoms with Crippen molar-refractivity contribution in [1.29, 1.82) is 0 Å². The van der Waals surface area contributed by atoms with Gasteiger partial charge in [-0.2, -0.15) is 0 Å². The first-order valence-corrected chi connectivity index (χ1v) is 7.71. The Morgan fingerprint density at radius 1 is 1.15 bits per heavy atom. The summed E-state index contributed by atoms with van der Waals surface area (Å²) in [4.78, 5) is 5.02. The number of ether oxygens (including phenoxy) is 2. The van der Waals surface area contributed by atoms with Gasteiger partial charge in [0, 0.05) is 25.7 Å². The summed E-state index contributed by atoms with van der Waals surface area (Å²) in [5.41, 5.74) is 1.19. The molecule has 110 valence electrons. The zero-order chi connectivity index (χ0) is 13.9. The van der Waals surface area contributed by atoms with Crippen LogP contribution in [-0.2, 0) is 0 Å². The molecular formula is C16H24N2O2. The van der Waals surface area contributed by atoms with Crippen molar-refractivity contribution in [3.63, 3.8) is 0 Å². The molecule has 1 saturated heterocycles. The van der Waals surface area contributed by atoms with Gasteiger partial charge >= 0.3 is 0 Å². The second kappa shape index (κ2) is 5.92. The van der Waals surface area contributed by atoms with Gasteiger partial charge in [0.1, 0.15) is 13.2 Å². The van der Waals surface area contributed by atoms with Gasteiger partial charge < -0.3 is 14.4 Å². The highest BCUT2D eigenvalue weighted by Gasteiger charge is 2.27. The fourth-order valence-corrected chi connectivity index (χ4v) is 3.22. The number of nitrogens with zero attached hydrogens (tertiary/aromatic N) is 2. The van der Waals surface area contributed by atoms with Gasteiger partial charge in [-0.3, -0.25) is 4.90 Å². The molecule has 0 aliphatic carbocycles. The van der Waals surface area contributed by atoms with Crippen LogP contribution in [0.25, 0.3) is 0 Å². The lowest BCUT2D eigenvalue weighted by atomic mass is 10.1. The number of fused-ring (bicyclic) bond motifs is 1. The van der Waals surface area contributed by atoms with Crippen molar-refractivity contribution >= 4 is 5.69 Å². The number of para-hydroxylation sites is 1. The smallest absolute Gasteiger partial charge is 0.184 e. The predicted molar refractivity (Wildman–Crippen MR) is 81.0 cm³/mol. The van der Waals surface area contributed by atoms with Crippen LogP contribution in [0.4, 0.5) is 5.69 Å². The highest BCUT2D eigenvalue weighted by molar-refractivity contribution is 5.65. The van der Waals surface area contributed by atoms with Crippen LogP contribution in [-0.4, -0.2) is 50.3 Å². The SMILES string of the molecule is CCC1CN(c2cccc3c2OCCO3)CCN1CC. The molecule has 4 heteroatoms. The van der Waals surface area contributed by atoms with Crippen molar-refractivity contribution in [2.45, 2.75) is 26.3 Å². The Morgan fingerprint density at radius 3 is 2.80 bits per heavy atom. The molecule has 1 atom stereocenters. The number of hydrogen-bond donors (Lipinski definition) is 0. The lowest BCUT2D eigenvalue weighted by Crippen LogP contribution is -2.52. The Bertz CT molecular complexity index is 464. The second-order valence-corrected chi connectivity index (χ2v) is 5.44. The molecule has 3 rings (SSSR count). The van der Waals surface area contributed by atoms with Gasteiger partial charge in [0.2, 0.25) is 0 Å². The molecule has 20 heavy (non-hydrogen) atoms. The van der Waals surface area contributed by atoms with E-state index in [1.54, 1.807) is 0 Å². The van der Waals surface area contributed by atoms with E-state index in [9.17, 15) is 0 Å². The molecule has 2 aliphatic heterocycles. The molecule has 4 nitrogen and oxygen atoms in total. The van der Waals surface area contributed by atoms with Crippen LogP contribution in [0.3, 0.4) is 0 Å². The Balaban J connectivity index is 1.83. The molecule has 1 unspecified atom stereocenters. The lowest BCUT2D eigenvalue weighted by Gasteiger charge is -2.42. The van der Waals surface area contributed by atoms with E-state index in [1.165, 1.54) is 12.1 Å². The summed E-state index contributed by atoms with van der Waals surface area (Å²) >= 11 is 0. The molecule has 1 aromatic carbocycles. The van der Waals surface area contributed by atoms with Crippen molar-refractivity contribution in [2.24, 2.45) is 0 Å². The molecule has 0 N–H and O–H groups in total. The van der Waals surface area contributed by atoms with E-state index in [-0.39, 0.29) is 0 Å².